The van der Waals surface area contributed by atoms with Crippen molar-refractivity contribution in [2.45, 2.75) is 19.4 Å². The molecule has 1 saturated heterocycles. The average molecular weight is 188 g/mol. The van der Waals surface area contributed by atoms with Crippen molar-refractivity contribution in [2.75, 3.05) is 25.1 Å². The summed E-state index contributed by atoms with van der Waals surface area (Å²) in [6.07, 6.45) is 1.14. The average Bonchev–Trinajstić information content (AvgIpc) is 2.58. The van der Waals surface area contributed by atoms with Crippen molar-refractivity contribution in [3.8, 4) is 0 Å². The number of nitrogens with zero attached hydrogens (tertiary/aromatic N) is 1. The SMILES string of the molecule is CCN(C(=O)NC)[C@@H]1CCSC1. The van der Waals surface area contributed by atoms with E-state index in [0.29, 0.717) is 6.04 Å². The molecular formula is C8H16N2OS. The maximum atomic E-state index is 11.3. The molecule has 1 heterocycles. The molecule has 4 heteroatoms. The molecule has 2 amide bonds. The molecule has 1 fully saturated rings. The lowest BCUT2D eigenvalue weighted by atomic mass is 10.2. The number of nitrogens with one attached hydrogen (secondary N) is 1. The molecule has 3 nitrogen and oxygen atoms in total. The predicted octanol–water partition coefficient (Wildman–Crippen LogP) is 1.15. The van der Waals surface area contributed by atoms with Crippen LogP contribution >= 0.6 is 11.8 Å². The van der Waals surface area contributed by atoms with Gasteiger partial charge < -0.3 is 10.2 Å². The third kappa shape index (κ3) is 2.06. The number of amides is 2. The van der Waals surface area contributed by atoms with E-state index in [1.54, 1.807) is 7.05 Å². The molecule has 1 N–H and O–H groups in total. The molecule has 70 valence electrons. The molecule has 1 atom stereocenters. The summed E-state index contributed by atoms with van der Waals surface area (Å²) in [7, 11) is 1.69. The highest BCUT2D eigenvalue weighted by molar-refractivity contribution is 7.99. The van der Waals surface area contributed by atoms with E-state index in [1.165, 1.54) is 5.75 Å². The zero-order valence-electron chi connectivity index (χ0n) is 7.67. The minimum Gasteiger partial charge on any atom is -0.341 e. The Bertz CT molecular complexity index is 157. The highest BCUT2D eigenvalue weighted by Gasteiger charge is 2.24. The Morgan fingerprint density at radius 2 is 2.50 bits per heavy atom. The second kappa shape index (κ2) is 4.60. The second-order valence-electron chi connectivity index (χ2n) is 2.86. The highest BCUT2D eigenvalue weighted by Crippen LogP contribution is 2.21. The molecule has 0 bridgehead atoms. The molecule has 0 aliphatic carbocycles. The molecular weight excluding hydrogens is 172 g/mol. The third-order valence-electron chi connectivity index (χ3n) is 2.16. The highest BCUT2D eigenvalue weighted by atomic mass is 32.2. The number of thioether (sulfide) groups is 1. The third-order valence-corrected chi connectivity index (χ3v) is 3.31. The van der Waals surface area contributed by atoms with E-state index >= 15 is 0 Å². The first-order chi connectivity index (χ1) is 5.79. The van der Waals surface area contributed by atoms with E-state index in [2.05, 4.69) is 5.32 Å². The summed E-state index contributed by atoms with van der Waals surface area (Å²) in [5, 5.41) is 2.67. The van der Waals surface area contributed by atoms with Gasteiger partial charge in [0.15, 0.2) is 0 Å². The largest absolute Gasteiger partial charge is 0.341 e. The molecule has 0 radical (unpaired) electrons. The number of carbonyl (C=O) groups excluding carboxylic acids is 1. The molecule has 1 aliphatic rings. The lowest BCUT2D eigenvalue weighted by Gasteiger charge is -2.26. The number of hydrogen-bond acceptors (Lipinski definition) is 2. The van der Waals surface area contributed by atoms with Gasteiger partial charge in [-0.15, -0.1) is 0 Å². The molecule has 0 saturated carbocycles. The number of hydrogen-bond donors (Lipinski definition) is 1. The lowest BCUT2D eigenvalue weighted by molar-refractivity contribution is 0.186. The zero-order valence-corrected chi connectivity index (χ0v) is 8.49. The summed E-state index contributed by atoms with van der Waals surface area (Å²) in [4.78, 5) is 13.3. The van der Waals surface area contributed by atoms with Crippen LogP contribution in [-0.4, -0.2) is 42.1 Å². The van der Waals surface area contributed by atoms with Gasteiger partial charge in [-0.25, -0.2) is 4.79 Å². The number of rotatable bonds is 2. The first-order valence-electron chi connectivity index (χ1n) is 4.35. The van der Waals surface area contributed by atoms with Crippen LogP contribution in [0.2, 0.25) is 0 Å². The van der Waals surface area contributed by atoms with Crippen LogP contribution < -0.4 is 5.32 Å². The van der Waals surface area contributed by atoms with Gasteiger partial charge in [0.1, 0.15) is 0 Å². The van der Waals surface area contributed by atoms with Crippen molar-refractivity contribution in [2.24, 2.45) is 0 Å². The van der Waals surface area contributed by atoms with E-state index < -0.39 is 0 Å². The van der Waals surface area contributed by atoms with Gasteiger partial charge in [0.25, 0.3) is 0 Å². The van der Waals surface area contributed by atoms with Crippen molar-refractivity contribution < 1.29 is 4.79 Å². The summed E-state index contributed by atoms with van der Waals surface area (Å²) in [6.45, 7) is 2.84. The number of urea groups is 1. The van der Waals surface area contributed by atoms with Gasteiger partial charge in [-0.3, -0.25) is 0 Å². The first kappa shape index (κ1) is 9.71. The minimum atomic E-state index is 0.0602. The fourth-order valence-corrected chi connectivity index (χ4v) is 2.70. The molecule has 1 aliphatic heterocycles. The fourth-order valence-electron chi connectivity index (χ4n) is 1.48. The molecule has 0 spiro atoms. The van der Waals surface area contributed by atoms with Crippen molar-refractivity contribution in [3.05, 3.63) is 0 Å². The van der Waals surface area contributed by atoms with E-state index in [9.17, 15) is 4.79 Å². The van der Waals surface area contributed by atoms with Gasteiger partial charge in [-0.2, -0.15) is 11.8 Å². The monoisotopic (exact) mass is 188 g/mol. The maximum Gasteiger partial charge on any atom is 0.317 e. The van der Waals surface area contributed by atoms with Crippen LogP contribution in [0.3, 0.4) is 0 Å². The van der Waals surface area contributed by atoms with Crippen LogP contribution in [-0.2, 0) is 0 Å². The molecule has 1 rings (SSSR count). The van der Waals surface area contributed by atoms with Gasteiger partial charge in [-0.05, 0) is 19.1 Å². The van der Waals surface area contributed by atoms with Crippen molar-refractivity contribution in [1.82, 2.24) is 10.2 Å². The summed E-state index contributed by atoms with van der Waals surface area (Å²) in [5.74, 6) is 2.29. The Hall–Kier alpha value is -0.380. The second-order valence-corrected chi connectivity index (χ2v) is 4.01. The Balaban J connectivity index is 2.48. The Labute approximate surface area is 77.9 Å². The standard InChI is InChI=1S/C8H16N2OS/c1-3-10(8(11)9-2)7-4-5-12-6-7/h7H,3-6H2,1-2H3,(H,9,11)/t7-/m1/s1. The smallest absolute Gasteiger partial charge is 0.317 e. The summed E-state index contributed by atoms with van der Waals surface area (Å²) in [5.41, 5.74) is 0. The van der Waals surface area contributed by atoms with E-state index in [4.69, 9.17) is 0 Å². The topological polar surface area (TPSA) is 32.3 Å². The Morgan fingerprint density at radius 3 is 2.92 bits per heavy atom. The first-order valence-corrected chi connectivity index (χ1v) is 5.51. The van der Waals surface area contributed by atoms with Crippen LogP contribution in [0, 0.1) is 0 Å². The molecule has 0 aromatic rings. The van der Waals surface area contributed by atoms with E-state index in [-0.39, 0.29) is 6.03 Å². The van der Waals surface area contributed by atoms with Crippen LogP contribution in [0.5, 0.6) is 0 Å². The molecule has 0 aromatic heterocycles. The summed E-state index contributed by atoms with van der Waals surface area (Å²) >= 11 is 1.93. The maximum absolute atomic E-state index is 11.3. The van der Waals surface area contributed by atoms with Gasteiger partial charge in [-0.1, -0.05) is 0 Å². The quantitative estimate of drug-likeness (QED) is 0.705. The van der Waals surface area contributed by atoms with Crippen LogP contribution in [0.25, 0.3) is 0 Å². The predicted molar refractivity (Wildman–Crippen MR) is 52.6 cm³/mol. The van der Waals surface area contributed by atoms with E-state index in [1.807, 2.05) is 23.6 Å². The van der Waals surface area contributed by atoms with Crippen LogP contribution in [0.4, 0.5) is 4.79 Å². The molecule has 0 unspecified atom stereocenters. The van der Waals surface area contributed by atoms with Gasteiger partial charge in [0.2, 0.25) is 0 Å². The Morgan fingerprint density at radius 1 is 1.75 bits per heavy atom. The molecule has 12 heavy (non-hydrogen) atoms. The van der Waals surface area contributed by atoms with Gasteiger partial charge in [0.05, 0.1) is 0 Å². The normalized spacial score (nSPS) is 22.3. The van der Waals surface area contributed by atoms with Gasteiger partial charge >= 0.3 is 6.03 Å². The van der Waals surface area contributed by atoms with Crippen LogP contribution in [0.1, 0.15) is 13.3 Å². The van der Waals surface area contributed by atoms with Crippen molar-refractivity contribution in [1.29, 1.82) is 0 Å². The summed E-state index contributed by atoms with van der Waals surface area (Å²) < 4.78 is 0. The number of carbonyl (C=O) groups is 1. The van der Waals surface area contributed by atoms with Crippen molar-refractivity contribution in [3.63, 3.8) is 0 Å². The van der Waals surface area contributed by atoms with Crippen molar-refractivity contribution >= 4 is 17.8 Å². The van der Waals surface area contributed by atoms with Crippen LogP contribution in [0.15, 0.2) is 0 Å². The summed E-state index contributed by atoms with van der Waals surface area (Å²) in [6, 6.07) is 0.518. The zero-order chi connectivity index (χ0) is 8.97. The van der Waals surface area contributed by atoms with E-state index in [0.717, 1.165) is 18.7 Å². The molecule has 0 aromatic carbocycles. The fraction of sp³-hybridized carbons (Fsp3) is 0.875. The minimum absolute atomic E-state index is 0.0602. The lowest BCUT2D eigenvalue weighted by Crippen LogP contribution is -2.44. The Kier molecular flexibility index (Phi) is 3.72. The van der Waals surface area contributed by atoms with Gasteiger partial charge in [0, 0.05) is 25.4 Å².